The van der Waals surface area contributed by atoms with Gasteiger partial charge in [-0.3, -0.25) is 4.68 Å². The first-order valence-corrected chi connectivity index (χ1v) is 11.6. The van der Waals surface area contributed by atoms with Gasteiger partial charge in [0.15, 0.2) is 0 Å². The lowest BCUT2D eigenvalue weighted by molar-refractivity contribution is 0.0845. The number of benzene rings is 1. The van der Waals surface area contributed by atoms with Gasteiger partial charge in [-0.2, -0.15) is 5.10 Å². The Hall–Kier alpha value is -2.13. The third-order valence-electron chi connectivity index (χ3n) is 4.91. The molecule has 2 heterocycles. The van der Waals surface area contributed by atoms with Crippen LogP contribution in [-0.2, 0) is 25.7 Å². The van der Waals surface area contributed by atoms with E-state index in [-0.39, 0.29) is 11.8 Å². The van der Waals surface area contributed by atoms with E-state index in [0.29, 0.717) is 38.8 Å². The van der Waals surface area contributed by atoms with Crippen LogP contribution in [-0.4, -0.2) is 63.6 Å². The standard InChI is InChI=1S/C19H27N3O5S/c1-3-26-19(23)21-8-6-15(7-9-21)14-27-17-4-5-18-16(12-17)13-20-22(18)10-11-28(2,24)25/h4-5,12-13,15H,3,6-11,14H2,1-2H3. The summed E-state index contributed by atoms with van der Waals surface area (Å²) in [6.45, 7) is 4.53. The molecule has 0 saturated carbocycles. The average molecular weight is 410 g/mol. The van der Waals surface area contributed by atoms with E-state index in [2.05, 4.69) is 5.10 Å². The first-order chi connectivity index (χ1) is 13.4. The summed E-state index contributed by atoms with van der Waals surface area (Å²) in [4.78, 5) is 13.5. The molecule has 154 valence electrons. The molecule has 8 nitrogen and oxygen atoms in total. The van der Waals surface area contributed by atoms with Crippen molar-refractivity contribution in [2.75, 3.05) is 38.3 Å². The van der Waals surface area contributed by atoms with Crippen LogP contribution in [0.1, 0.15) is 19.8 Å². The van der Waals surface area contributed by atoms with Crippen LogP contribution in [0.4, 0.5) is 4.79 Å². The Balaban J connectivity index is 1.52. The molecule has 1 unspecified atom stereocenters. The maximum Gasteiger partial charge on any atom is 0.409 e. The van der Waals surface area contributed by atoms with Crippen LogP contribution < -0.4 is 4.74 Å². The van der Waals surface area contributed by atoms with E-state index in [9.17, 15) is 13.6 Å². The molecular formula is C19H27N3O5S. The Labute approximate surface area is 166 Å². The largest absolute Gasteiger partial charge is 0.615 e. The van der Waals surface area contributed by atoms with Crippen molar-refractivity contribution < 1.29 is 23.0 Å². The smallest absolute Gasteiger partial charge is 0.409 e. The molecular weight excluding hydrogens is 382 g/mol. The van der Waals surface area contributed by atoms with Crippen molar-refractivity contribution in [1.29, 1.82) is 0 Å². The van der Waals surface area contributed by atoms with Crippen LogP contribution in [0, 0.1) is 5.92 Å². The number of amides is 1. The number of rotatable bonds is 7. The molecule has 0 N–H and O–H groups in total. The number of piperidine rings is 1. The fourth-order valence-electron chi connectivity index (χ4n) is 3.30. The molecule has 1 amide bonds. The summed E-state index contributed by atoms with van der Waals surface area (Å²) in [6.07, 6.45) is 4.50. The molecule has 0 aliphatic carbocycles. The number of nitrogens with zero attached hydrogens (tertiary/aromatic N) is 3. The van der Waals surface area contributed by atoms with Crippen LogP contribution in [0.15, 0.2) is 24.4 Å². The van der Waals surface area contributed by atoms with E-state index < -0.39 is 10.2 Å². The molecule has 28 heavy (non-hydrogen) atoms. The number of hydrogen-bond donors (Lipinski definition) is 0. The van der Waals surface area contributed by atoms with Gasteiger partial charge in [0.05, 0.1) is 37.7 Å². The van der Waals surface area contributed by atoms with Gasteiger partial charge in [-0.15, -0.1) is 4.21 Å². The van der Waals surface area contributed by atoms with Crippen molar-refractivity contribution in [2.45, 2.75) is 26.3 Å². The predicted octanol–water partition coefficient (Wildman–Crippen LogP) is 2.54. The summed E-state index contributed by atoms with van der Waals surface area (Å²) in [6, 6.07) is 5.71. The van der Waals surface area contributed by atoms with E-state index in [4.69, 9.17) is 9.47 Å². The molecule has 9 heteroatoms. The van der Waals surface area contributed by atoms with Crippen LogP contribution in [0.5, 0.6) is 5.75 Å². The second-order valence-electron chi connectivity index (χ2n) is 7.16. The minimum Gasteiger partial charge on any atom is -0.615 e. The molecule has 1 aliphatic heterocycles. The zero-order valence-electron chi connectivity index (χ0n) is 16.3. The normalized spacial score (nSPS) is 17.5. The highest BCUT2D eigenvalue weighted by molar-refractivity contribution is 7.96. The number of carbonyl (C=O) groups excluding carboxylic acids is 1. The highest BCUT2D eigenvalue weighted by atomic mass is 32.3. The second kappa shape index (κ2) is 8.91. The lowest BCUT2D eigenvalue weighted by Gasteiger charge is -2.31. The molecule has 1 fully saturated rings. The highest BCUT2D eigenvalue weighted by Gasteiger charge is 2.24. The van der Waals surface area contributed by atoms with Gasteiger partial charge < -0.3 is 18.9 Å². The third kappa shape index (κ3) is 5.45. The van der Waals surface area contributed by atoms with Crippen molar-refractivity contribution in [2.24, 2.45) is 5.92 Å². The quantitative estimate of drug-likeness (QED) is 0.652. The lowest BCUT2D eigenvalue weighted by Crippen LogP contribution is -2.40. The summed E-state index contributed by atoms with van der Waals surface area (Å²) >= 11 is 0. The Kier molecular flexibility index (Phi) is 6.56. The van der Waals surface area contributed by atoms with E-state index in [1.807, 2.05) is 25.1 Å². The summed E-state index contributed by atoms with van der Waals surface area (Å²) in [5.74, 6) is 1.23. The maximum atomic E-state index is 11.7. The molecule has 0 spiro atoms. The van der Waals surface area contributed by atoms with Gasteiger partial charge in [0.1, 0.15) is 11.5 Å². The van der Waals surface area contributed by atoms with Gasteiger partial charge in [0, 0.05) is 28.7 Å². The molecule has 2 aromatic rings. The number of fused-ring (bicyclic) bond motifs is 1. The number of carbonyl (C=O) groups is 1. The number of aromatic nitrogens is 2. The third-order valence-corrected chi connectivity index (χ3v) is 5.84. The van der Waals surface area contributed by atoms with Crippen LogP contribution >= 0.6 is 0 Å². The lowest BCUT2D eigenvalue weighted by atomic mass is 9.98. The Morgan fingerprint density at radius 2 is 2.11 bits per heavy atom. The fourth-order valence-corrected chi connectivity index (χ4v) is 3.80. The van der Waals surface area contributed by atoms with Crippen LogP contribution in [0.2, 0.25) is 0 Å². The van der Waals surface area contributed by atoms with Gasteiger partial charge >= 0.3 is 6.09 Å². The Morgan fingerprint density at radius 3 is 2.79 bits per heavy atom. The molecule has 1 aromatic heterocycles. The summed E-state index contributed by atoms with van der Waals surface area (Å²) in [5, 5.41) is 5.20. The number of ether oxygens (including phenoxy) is 2. The van der Waals surface area contributed by atoms with Crippen molar-refractivity contribution in [3.63, 3.8) is 0 Å². The molecule has 1 aromatic carbocycles. The number of likely N-dealkylation sites (tertiary alicyclic amines) is 1. The zero-order chi connectivity index (χ0) is 20.1. The topological polar surface area (TPSA) is 96.7 Å². The maximum absolute atomic E-state index is 11.7. The molecule has 0 bridgehead atoms. The molecule has 3 rings (SSSR count). The van der Waals surface area contributed by atoms with Gasteiger partial charge in [0.25, 0.3) is 0 Å². The monoisotopic (exact) mass is 409 g/mol. The summed E-state index contributed by atoms with van der Waals surface area (Å²) in [5.41, 5.74) is 0.888. The van der Waals surface area contributed by atoms with Crippen LogP contribution in [0.25, 0.3) is 10.9 Å². The summed E-state index contributed by atoms with van der Waals surface area (Å²) < 4.78 is 35.4. The first-order valence-electron chi connectivity index (χ1n) is 9.53. The number of aryl methyl sites for hydroxylation is 1. The van der Waals surface area contributed by atoms with Crippen molar-refractivity contribution in [3.8, 4) is 5.75 Å². The van der Waals surface area contributed by atoms with Crippen LogP contribution in [0.3, 0.4) is 0 Å². The van der Waals surface area contributed by atoms with Gasteiger partial charge in [0.2, 0.25) is 0 Å². The molecule has 1 atom stereocenters. The minimum absolute atomic E-state index is 0.0620. The summed E-state index contributed by atoms with van der Waals surface area (Å²) in [7, 11) is -3.03. The highest BCUT2D eigenvalue weighted by Crippen LogP contribution is 2.23. The SMILES string of the molecule is CCOC(=O)N1CCC(COc2ccc3c(cnn3CC[S+](C)(=O)[O-])c2)CC1. The van der Waals surface area contributed by atoms with Gasteiger partial charge in [-0.25, -0.2) is 4.79 Å². The minimum atomic E-state index is -3.03. The van der Waals surface area contributed by atoms with Crippen molar-refractivity contribution in [3.05, 3.63) is 24.4 Å². The molecule has 1 aliphatic rings. The van der Waals surface area contributed by atoms with Crippen molar-refractivity contribution in [1.82, 2.24) is 14.7 Å². The zero-order valence-corrected chi connectivity index (χ0v) is 17.2. The fraction of sp³-hybridized carbons (Fsp3) is 0.579. The average Bonchev–Trinajstić information content (AvgIpc) is 3.07. The number of hydrogen-bond acceptors (Lipinski definition) is 6. The first kappa shape index (κ1) is 20.6. The molecule has 0 radical (unpaired) electrons. The van der Waals surface area contributed by atoms with Crippen molar-refractivity contribution >= 4 is 27.2 Å². The van der Waals surface area contributed by atoms with Gasteiger partial charge in [-0.1, -0.05) is 0 Å². The van der Waals surface area contributed by atoms with E-state index in [1.54, 1.807) is 15.8 Å². The van der Waals surface area contributed by atoms with E-state index in [0.717, 1.165) is 29.5 Å². The predicted molar refractivity (Wildman–Crippen MR) is 106 cm³/mol. The van der Waals surface area contributed by atoms with E-state index in [1.165, 1.54) is 6.26 Å². The Bertz CT molecular complexity index is 854. The molecule has 1 saturated heterocycles. The van der Waals surface area contributed by atoms with Gasteiger partial charge in [-0.05, 0) is 43.9 Å². The Morgan fingerprint density at radius 1 is 1.36 bits per heavy atom. The van der Waals surface area contributed by atoms with E-state index >= 15 is 0 Å². The second-order valence-corrected chi connectivity index (χ2v) is 9.42. The number of sulfone groups is 1.